The van der Waals surface area contributed by atoms with E-state index in [4.69, 9.17) is 4.74 Å². The van der Waals surface area contributed by atoms with Gasteiger partial charge >= 0.3 is 12.0 Å². The van der Waals surface area contributed by atoms with E-state index in [1.165, 1.54) is 5.56 Å². The number of hydrogen-bond acceptors (Lipinski definition) is 5. The first-order valence-electron chi connectivity index (χ1n) is 10.2. The van der Waals surface area contributed by atoms with Crippen LogP contribution >= 0.6 is 0 Å². The molecule has 3 aliphatic heterocycles. The third kappa shape index (κ3) is 3.28. The Bertz CT molecular complexity index is 888. The summed E-state index contributed by atoms with van der Waals surface area (Å²) in [5.74, 6) is -1.22. The van der Waals surface area contributed by atoms with E-state index in [2.05, 4.69) is 24.5 Å². The van der Waals surface area contributed by atoms with Gasteiger partial charge in [-0.25, -0.2) is 9.59 Å². The molecule has 0 radical (unpaired) electrons. The lowest BCUT2D eigenvalue weighted by Crippen LogP contribution is -2.68. The number of carbonyl (C=O) groups is 3. The Morgan fingerprint density at radius 2 is 1.79 bits per heavy atom. The predicted molar refractivity (Wildman–Crippen MR) is 107 cm³/mol. The highest BCUT2D eigenvalue weighted by atomic mass is 16.5. The summed E-state index contributed by atoms with van der Waals surface area (Å²) >= 11 is 0. The van der Waals surface area contributed by atoms with Gasteiger partial charge in [0.15, 0.2) is 0 Å². The highest BCUT2D eigenvalue weighted by molar-refractivity contribution is 6.02. The lowest BCUT2D eigenvalue weighted by atomic mass is 9.74. The second kappa shape index (κ2) is 7.21. The molecule has 2 N–H and O–H groups in total. The van der Waals surface area contributed by atoms with Gasteiger partial charge < -0.3 is 15.0 Å². The van der Waals surface area contributed by atoms with Gasteiger partial charge in [-0.15, -0.1) is 0 Å². The largest absolute Gasteiger partial charge is 0.456 e. The summed E-state index contributed by atoms with van der Waals surface area (Å²) < 4.78 is 5.29. The number of imide groups is 1. The van der Waals surface area contributed by atoms with Crippen LogP contribution in [-0.4, -0.2) is 42.1 Å². The van der Waals surface area contributed by atoms with Crippen molar-refractivity contribution in [3.63, 3.8) is 0 Å². The van der Waals surface area contributed by atoms with E-state index in [9.17, 15) is 14.4 Å². The molecule has 0 aromatic heterocycles. The molecular formula is C22H27N3O4. The predicted octanol–water partition coefficient (Wildman–Crippen LogP) is 2.46. The summed E-state index contributed by atoms with van der Waals surface area (Å²) in [5, 5.41) is 5.76. The summed E-state index contributed by atoms with van der Waals surface area (Å²) in [6.45, 7) is 8.93. The maximum atomic E-state index is 13.0. The average Bonchev–Trinajstić information content (AvgIpc) is 3.04. The van der Waals surface area contributed by atoms with Crippen LogP contribution in [0.25, 0.3) is 0 Å². The summed E-state index contributed by atoms with van der Waals surface area (Å²) in [5.41, 5.74) is 3.24. The first kappa shape index (κ1) is 19.5. The monoisotopic (exact) mass is 397 g/mol. The van der Waals surface area contributed by atoms with Gasteiger partial charge in [-0.2, -0.15) is 0 Å². The van der Waals surface area contributed by atoms with Crippen molar-refractivity contribution in [1.29, 1.82) is 0 Å². The lowest BCUT2D eigenvalue weighted by molar-refractivity contribution is -0.136. The molecule has 1 aromatic carbocycles. The molecule has 1 aromatic rings. The molecule has 3 unspecified atom stereocenters. The van der Waals surface area contributed by atoms with Crippen molar-refractivity contribution in [2.75, 3.05) is 13.2 Å². The van der Waals surface area contributed by atoms with E-state index in [0.29, 0.717) is 23.7 Å². The van der Waals surface area contributed by atoms with Gasteiger partial charge in [-0.1, -0.05) is 52.0 Å². The van der Waals surface area contributed by atoms with E-state index in [-0.39, 0.29) is 18.4 Å². The molecule has 3 amide bonds. The highest BCUT2D eigenvalue weighted by Crippen LogP contribution is 2.44. The molecule has 0 saturated carbocycles. The molecule has 0 spiro atoms. The number of benzene rings is 1. The van der Waals surface area contributed by atoms with Gasteiger partial charge in [-0.05, 0) is 23.0 Å². The minimum absolute atomic E-state index is 0.142. The third-order valence-electron chi connectivity index (χ3n) is 5.88. The van der Waals surface area contributed by atoms with Gasteiger partial charge in [0.25, 0.3) is 0 Å². The van der Waals surface area contributed by atoms with Crippen LogP contribution in [0.2, 0.25) is 0 Å². The molecule has 1 saturated heterocycles. The lowest BCUT2D eigenvalue weighted by Gasteiger charge is -2.47. The SMILES string of the molecule is CC(C)CN1C(=O)NC(=O)C2C(c3ccc(C(C)C)cc3)C3=C(COC3=O)NC21. The van der Waals surface area contributed by atoms with Gasteiger partial charge in [-0.3, -0.25) is 10.1 Å². The van der Waals surface area contributed by atoms with Crippen LogP contribution in [-0.2, 0) is 14.3 Å². The Labute approximate surface area is 170 Å². The van der Waals surface area contributed by atoms with Crippen LogP contribution in [0.5, 0.6) is 0 Å². The van der Waals surface area contributed by atoms with Crippen molar-refractivity contribution in [2.24, 2.45) is 11.8 Å². The number of ether oxygens (including phenoxy) is 1. The smallest absolute Gasteiger partial charge is 0.336 e. The summed E-state index contributed by atoms with van der Waals surface area (Å²) in [7, 11) is 0. The number of cyclic esters (lactones) is 1. The Hall–Kier alpha value is -2.83. The standard InChI is InChI=1S/C22H27N3O4/c1-11(2)9-25-19-18(20(26)24-22(25)28)16(17-15(23-19)10-29-21(17)27)14-7-5-13(6-8-14)12(3)4/h5-8,11-12,16,18-19,23H,9-10H2,1-4H3,(H,24,26,28). The molecule has 154 valence electrons. The third-order valence-corrected chi connectivity index (χ3v) is 5.88. The number of nitrogens with one attached hydrogen (secondary N) is 2. The molecule has 0 bridgehead atoms. The molecular weight excluding hydrogens is 370 g/mol. The number of urea groups is 1. The van der Waals surface area contributed by atoms with Crippen LogP contribution in [0.4, 0.5) is 4.79 Å². The summed E-state index contributed by atoms with van der Waals surface area (Å²) in [6, 6.07) is 7.63. The number of fused-ring (bicyclic) bond motifs is 1. The quantitative estimate of drug-likeness (QED) is 0.762. The number of esters is 1. The van der Waals surface area contributed by atoms with Crippen LogP contribution in [0, 0.1) is 11.8 Å². The fourth-order valence-electron chi connectivity index (χ4n) is 4.49. The minimum atomic E-state index is -0.610. The van der Waals surface area contributed by atoms with Crippen LogP contribution in [0.3, 0.4) is 0 Å². The van der Waals surface area contributed by atoms with Crippen molar-refractivity contribution in [1.82, 2.24) is 15.5 Å². The normalized spacial score (nSPS) is 26.3. The van der Waals surface area contributed by atoms with E-state index >= 15 is 0 Å². The molecule has 0 aliphatic carbocycles. The zero-order chi connectivity index (χ0) is 20.9. The number of rotatable bonds is 4. The van der Waals surface area contributed by atoms with Crippen LogP contribution in [0.1, 0.15) is 50.7 Å². The van der Waals surface area contributed by atoms with E-state index in [1.807, 2.05) is 38.1 Å². The molecule has 29 heavy (non-hydrogen) atoms. The second-order valence-corrected chi connectivity index (χ2v) is 8.72. The molecule has 3 aliphatic rings. The molecule has 3 atom stereocenters. The molecule has 7 nitrogen and oxygen atoms in total. The molecule has 7 heteroatoms. The number of carbonyl (C=O) groups excluding carboxylic acids is 3. The fourth-order valence-corrected chi connectivity index (χ4v) is 4.49. The fraction of sp³-hybridized carbons (Fsp3) is 0.500. The van der Waals surface area contributed by atoms with Gasteiger partial charge in [0.05, 0.1) is 17.2 Å². The molecule has 1 fully saturated rings. The van der Waals surface area contributed by atoms with Crippen molar-refractivity contribution < 1.29 is 19.1 Å². The Morgan fingerprint density at radius 3 is 2.41 bits per heavy atom. The molecule has 3 heterocycles. The van der Waals surface area contributed by atoms with Crippen molar-refractivity contribution in [3.8, 4) is 0 Å². The Balaban J connectivity index is 1.80. The highest BCUT2D eigenvalue weighted by Gasteiger charge is 2.53. The first-order valence-corrected chi connectivity index (χ1v) is 10.2. The van der Waals surface area contributed by atoms with Gasteiger partial charge in [0.1, 0.15) is 12.8 Å². The van der Waals surface area contributed by atoms with Crippen LogP contribution in [0.15, 0.2) is 35.5 Å². The first-order chi connectivity index (χ1) is 13.8. The number of hydrogen-bond donors (Lipinski definition) is 2. The second-order valence-electron chi connectivity index (χ2n) is 8.72. The van der Waals surface area contributed by atoms with E-state index < -0.39 is 30.0 Å². The minimum Gasteiger partial charge on any atom is -0.456 e. The maximum Gasteiger partial charge on any atom is 0.336 e. The van der Waals surface area contributed by atoms with Crippen molar-refractivity contribution in [3.05, 3.63) is 46.7 Å². The van der Waals surface area contributed by atoms with Gasteiger partial charge in [0.2, 0.25) is 5.91 Å². The maximum absolute atomic E-state index is 13.0. The zero-order valence-electron chi connectivity index (χ0n) is 17.2. The van der Waals surface area contributed by atoms with Crippen molar-refractivity contribution >= 4 is 17.9 Å². The zero-order valence-corrected chi connectivity index (χ0v) is 17.2. The average molecular weight is 397 g/mol. The van der Waals surface area contributed by atoms with E-state index in [0.717, 1.165) is 5.56 Å². The Kier molecular flexibility index (Phi) is 4.84. The number of amides is 3. The van der Waals surface area contributed by atoms with E-state index in [1.54, 1.807) is 4.90 Å². The van der Waals surface area contributed by atoms with Crippen LogP contribution < -0.4 is 10.6 Å². The number of nitrogens with zero attached hydrogens (tertiary/aromatic N) is 1. The summed E-state index contributed by atoms with van der Waals surface area (Å²) in [6.07, 6.45) is -0.512. The molecule has 4 rings (SSSR count). The Morgan fingerprint density at radius 1 is 1.10 bits per heavy atom. The van der Waals surface area contributed by atoms with Gasteiger partial charge in [0, 0.05) is 12.5 Å². The summed E-state index contributed by atoms with van der Waals surface area (Å²) in [4.78, 5) is 39.7. The topological polar surface area (TPSA) is 87.7 Å². The van der Waals surface area contributed by atoms with Crippen molar-refractivity contribution in [2.45, 2.75) is 45.7 Å².